The van der Waals surface area contributed by atoms with Gasteiger partial charge in [0.25, 0.3) is 0 Å². The second kappa shape index (κ2) is 5.14. The second-order valence-electron chi connectivity index (χ2n) is 2.78. The van der Waals surface area contributed by atoms with Crippen molar-refractivity contribution in [3.63, 3.8) is 0 Å². The van der Waals surface area contributed by atoms with E-state index in [-0.39, 0.29) is 0 Å². The van der Waals surface area contributed by atoms with Gasteiger partial charge in [0.2, 0.25) is 0 Å². The van der Waals surface area contributed by atoms with Crippen molar-refractivity contribution in [2.45, 2.75) is 13.8 Å². The SMILES string of the molecule is CCN(CC)c1ncnc(NC)c1Br. The Bertz CT molecular complexity index is 299. The summed E-state index contributed by atoms with van der Waals surface area (Å²) in [6.45, 7) is 6.10. The molecule has 4 nitrogen and oxygen atoms in total. The van der Waals surface area contributed by atoms with Crippen LogP contribution >= 0.6 is 15.9 Å². The number of hydrogen-bond acceptors (Lipinski definition) is 4. The molecule has 0 saturated heterocycles. The molecule has 0 aliphatic rings. The lowest BCUT2D eigenvalue weighted by Crippen LogP contribution is -2.23. The van der Waals surface area contributed by atoms with Crippen LogP contribution in [0.4, 0.5) is 11.6 Å². The normalized spacial score (nSPS) is 10.0. The Labute approximate surface area is 92.9 Å². The van der Waals surface area contributed by atoms with E-state index in [1.54, 1.807) is 6.33 Å². The summed E-state index contributed by atoms with van der Waals surface area (Å²) in [6, 6.07) is 0. The third-order valence-corrected chi connectivity index (χ3v) is 2.80. The summed E-state index contributed by atoms with van der Waals surface area (Å²) >= 11 is 3.49. The Morgan fingerprint density at radius 1 is 1.36 bits per heavy atom. The summed E-state index contributed by atoms with van der Waals surface area (Å²) in [4.78, 5) is 10.5. The van der Waals surface area contributed by atoms with E-state index in [0.29, 0.717) is 0 Å². The molecule has 0 atom stereocenters. The molecule has 0 amide bonds. The number of hydrogen-bond donors (Lipinski definition) is 1. The minimum absolute atomic E-state index is 0.821. The molecule has 1 rings (SSSR count). The molecule has 0 bridgehead atoms. The molecule has 78 valence electrons. The lowest BCUT2D eigenvalue weighted by Gasteiger charge is -2.21. The molecule has 0 aliphatic carbocycles. The number of aromatic nitrogens is 2. The monoisotopic (exact) mass is 258 g/mol. The van der Waals surface area contributed by atoms with Crippen molar-refractivity contribution in [2.75, 3.05) is 30.4 Å². The molecule has 14 heavy (non-hydrogen) atoms. The fourth-order valence-electron chi connectivity index (χ4n) is 1.28. The maximum atomic E-state index is 4.26. The first-order valence-corrected chi connectivity index (χ1v) is 5.47. The number of nitrogens with one attached hydrogen (secondary N) is 1. The van der Waals surface area contributed by atoms with Crippen molar-refractivity contribution >= 4 is 27.6 Å². The zero-order valence-corrected chi connectivity index (χ0v) is 10.3. The Balaban J connectivity index is 3.07. The third-order valence-electron chi connectivity index (χ3n) is 2.07. The van der Waals surface area contributed by atoms with E-state index in [0.717, 1.165) is 29.2 Å². The highest BCUT2D eigenvalue weighted by Gasteiger charge is 2.11. The van der Waals surface area contributed by atoms with Crippen molar-refractivity contribution in [3.8, 4) is 0 Å². The van der Waals surface area contributed by atoms with E-state index in [9.17, 15) is 0 Å². The summed E-state index contributed by atoms with van der Waals surface area (Å²) in [5.41, 5.74) is 0. The summed E-state index contributed by atoms with van der Waals surface area (Å²) < 4.78 is 0.922. The van der Waals surface area contributed by atoms with Gasteiger partial charge in [-0.3, -0.25) is 0 Å². The molecule has 0 aromatic carbocycles. The molecule has 1 N–H and O–H groups in total. The topological polar surface area (TPSA) is 41.1 Å². The lowest BCUT2D eigenvalue weighted by atomic mass is 10.4. The molecule has 0 unspecified atom stereocenters. The van der Waals surface area contributed by atoms with E-state index in [2.05, 4.69) is 50.0 Å². The van der Waals surface area contributed by atoms with Crippen LogP contribution in [0.2, 0.25) is 0 Å². The van der Waals surface area contributed by atoms with E-state index >= 15 is 0 Å². The van der Waals surface area contributed by atoms with Crippen molar-refractivity contribution in [1.82, 2.24) is 9.97 Å². The summed E-state index contributed by atoms with van der Waals surface area (Å²) in [7, 11) is 1.85. The van der Waals surface area contributed by atoms with Crippen LogP contribution in [-0.2, 0) is 0 Å². The zero-order valence-electron chi connectivity index (χ0n) is 8.71. The Hall–Kier alpha value is -0.840. The number of rotatable bonds is 4. The van der Waals surface area contributed by atoms with Crippen LogP contribution in [0.3, 0.4) is 0 Å². The average molecular weight is 259 g/mol. The van der Waals surface area contributed by atoms with Crippen LogP contribution in [0, 0.1) is 0 Å². The molecular weight excluding hydrogens is 244 g/mol. The van der Waals surface area contributed by atoms with Crippen LogP contribution < -0.4 is 10.2 Å². The van der Waals surface area contributed by atoms with Gasteiger partial charge in [0, 0.05) is 20.1 Å². The van der Waals surface area contributed by atoms with Gasteiger partial charge in [0.05, 0.1) is 0 Å². The summed E-state index contributed by atoms with van der Waals surface area (Å²) in [6.07, 6.45) is 1.57. The number of anilines is 2. The molecule has 0 radical (unpaired) electrons. The maximum absolute atomic E-state index is 4.26. The van der Waals surface area contributed by atoms with E-state index < -0.39 is 0 Å². The Morgan fingerprint density at radius 2 is 2.00 bits per heavy atom. The minimum Gasteiger partial charge on any atom is -0.372 e. The molecule has 0 spiro atoms. The van der Waals surface area contributed by atoms with Crippen LogP contribution in [0.25, 0.3) is 0 Å². The van der Waals surface area contributed by atoms with Crippen LogP contribution in [-0.4, -0.2) is 30.1 Å². The van der Waals surface area contributed by atoms with Gasteiger partial charge in [-0.05, 0) is 29.8 Å². The van der Waals surface area contributed by atoms with Crippen molar-refractivity contribution in [2.24, 2.45) is 0 Å². The first kappa shape index (κ1) is 11.2. The zero-order chi connectivity index (χ0) is 10.6. The number of nitrogens with zero attached hydrogens (tertiary/aromatic N) is 3. The van der Waals surface area contributed by atoms with E-state index in [4.69, 9.17) is 0 Å². The predicted octanol–water partition coefficient (Wildman–Crippen LogP) is 2.13. The van der Waals surface area contributed by atoms with Gasteiger partial charge in [-0.1, -0.05) is 0 Å². The van der Waals surface area contributed by atoms with Gasteiger partial charge in [-0.25, -0.2) is 9.97 Å². The molecule has 0 saturated carbocycles. The summed E-state index contributed by atoms with van der Waals surface area (Å²) in [5.74, 6) is 1.76. The largest absolute Gasteiger partial charge is 0.372 e. The average Bonchev–Trinajstić information content (AvgIpc) is 2.22. The highest BCUT2D eigenvalue weighted by Crippen LogP contribution is 2.28. The van der Waals surface area contributed by atoms with Gasteiger partial charge >= 0.3 is 0 Å². The van der Waals surface area contributed by atoms with Crippen molar-refractivity contribution < 1.29 is 0 Å². The quantitative estimate of drug-likeness (QED) is 0.899. The number of halogens is 1. The third kappa shape index (κ3) is 2.15. The Kier molecular flexibility index (Phi) is 4.13. The molecule has 0 fully saturated rings. The predicted molar refractivity (Wildman–Crippen MR) is 62.8 cm³/mol. The van der Waals surface area contributed by atoms with Crippen LogP contribution in [0.1, 0.15) is 13.8 Å². The van der Waals surface area contributed by atoms with E-state index in [1.165, 1.54) is 0 Å². The van der Waals surface area contributed by atoms with Crippen molar-refractivity contribution in [1.29, 1.82) is 0 Å². The molecule has 0 aliphatic heterocycles. The molecular formula is C9H15BrN4. The lowest BCUT2D eigenvalue weighted by molar-refractivity contribution is 0.838. The standard InChI is InChI=1S/C9H15BrN4/c1-4-14(5-2)9-7(10)8(11-3)12-6-13-9/h6H,4-5H2,1-3H3,(H,11,12,13). The molecule has 1 aromatic heterocycles. The van der Waals surface area contributed by atoms with Gasteiger partial charge in [-0.2, -0.15) is 0 Å². The Morgan fingerprint density at radius 3 is 2.50 bits per heavy atom. The molecule has 1 aromatic rings. The highest BCUT2D eigenvalue weighted by atomic mass is 79.9. The smallest absolute Gasteiger partial charge is 0.148 e. The van der Waals surface area contributed by atoms with Crippen LogP contribution in [0.15, 0.2) is 10.8 Å². The van der Waals surface area contributed by atoms with Gasteiger partial charge in [0.1, 0.15) is 22.4 Å². The van der Waals surface area contributed by atoms with Gasteiger partial charge < -0.3 is 10.2 Å². The second-order valence-corrected chi connectivity index (χ2v) is 3.58. The van der Waals surface area contributed by atoms with E-state index in [1.807, 2.05) is 7.05 Å². The maximum Gasteiger partial charge on any atom is 0.148 e. The summed E-state index contributed by atoms with van der Waals surface area (Å²) in [5, 5.41) is 3.01. The molecule has 5 heteroatoms. The van der Waals surface area contributed by atoms with Gasteiger partial charge in [0.15, 0.2) is 0 Å². The first-order valence-electron chi connectivity index (χ1n) is 4.67. The fourth-order valence-corrected chi connectivity index (χ4v) is 1.93. The van der Waals surface area contributed by atoms with Gasteiger partial charge in [-0.15, -0.1) is 0 Å². The first-order chi connectivity index (χ1) is 6.74. The van der Waals surface area contributed by atoms with Crippen molar-refractivity contribution in [3.05, 3.63) is 10.8 Å². The fraction of sp³-hybridized carbons (Fsp3) is 0.556. The molecule has 1 heterocycles. The highest BCUT2D eigenvalue weighted by molar-refractivity contribution is 9.10. The minimum atomic E-state index is 0.821. The van der Waals surface area contributed by atoms with Crippen LogP contribution in [0.5, 0.6) is 0 Å².